The summed E-state index contributed by atoms with van der Waals surface area (Å²) in [5, 5.41) is 0. The molecule has 8 heteroatoms. The molecule has 0 N–H and O–H groups in total. The summed E-state index contributed by atoms with van der Waals surface area (Å²) in [4.78, 5) is 35.3. The van der Waals surface area contributed by atoms with Crippen LogP contribution >= 0.6 is 11.8 Å². The van der Waals surface area contributed by atoms with Gasteiger partial charge in [-0.3, -0.25) is 14.6 Å². The van der Waals surface area contributed by atoms with Gasteiger partial charge < -0.3 is 19.3 Å². The highest BCUT2D eigenvalue weighted by atomic mass is 32.2. The molecule has 0 saturated carbocycles. The minimum atomic E-state index is -0.255. The highest BCUT2D eigenvalue weighted by molar-refractivity contribution is 7.98. The van der Waals surface area contributed by atoms with E-state index in [1.165, 1.54) is 0 Å². The summed E-state index contributed by atoms with van der Waals surface area (Å²) >= 11 is 1.67. The number of amides is 2. The summed E-state index contributed by atoms with van der Waals surface area (Å²) in [7, 11) is 0. The number of carbonyl (C=O) groups is 2. The number of aromatic nitrogens is 1. The number of thioether (sulfide) groups is 1. The standard InChI is InChI=1S/C26H33N3O4S/c1-34-24-6-4-20(5-7-24)13-25(30)29-17-23(33-19-22-3-2-10-27-14-22)16-28(26(31)18-29)15-21-8-11-32-12-9-21/h2-7,10,14,21,23H,8-9,11-13,15-19H2,1H3/t23-/m1/s1. The molecular formula is C26H33N3O4S. The van der Waals surface area contributed by atoms with E-state index in [1.807, 2.05) is 47.6 Å². The van der Waals surface area contributed by atoms with E-state index in [-0.39, 0.29) is 30.9 Å². The first-order valence-electron chi connectivity index (χ1n) is 11.9. The Morgan fingerprint density at radius 1 is 1.15 bits per heavy atom. The fourth-order valence-electron chi connectivity index (χ4n) is 4.42. The van der Waals surface area contributed by atoms with Gasteiger partial charge in [-0.25, -0.2) is 0 Å². The van der Waals surface area contributed by atoms with Gasteiger partial charge in [0.15, 0.2) is 0 Å². The summed E-state index contributed by atoms with van der Waals surface area (Å²) < 4.78 is 11.7. The third-order valence-corrected chi connectivity index (χ3v) is 7.17. The van der Waals surface area contributed by atoms with Crippen molar-refractivity contribution in [3.8, 4) is 0 Å². The van der Waals surface area contributed by atoms with Crippen LogP contribution in [0.3, 0.4) is 0 Å². The van der Waals surface area contributed by atoms with Crippen LogP contribution in [0.4, 0.5) is 0 Å². The van der Waals surface area contributed by atoms with Gasteiger partial charge in [-0.1, -0.05) is 18.2 Å². The van der Waals surface area contributed by atoms with Crippen molar-refractivity contribution < 1.29 is 19.1 Å². The van der Waals surface area contributed by atoms with Crippen molar-refractivity contribution in [3.05, 3.63) is 59.9 Å². The minimum absolute atomic E-state index is 0.00921. The molecule has 2 aliphatic heterocycles. The normalized spacial score (nSPS) is 19.8. The maximum Gasteiger partial charge on any atom is 0.242 e. The monoisotopic (exact) mass is 483 g/mol. The van der Waals surface area contributed by atoms with Crippen molar-refractivity contribution in [2.24, 2.45) is 5.92 Å². The molecule has 1 aromatic carbocycles. The van der Waals surface area contributed by atoms with E-state index >= 15 is 0 Å². The van der Waals surface area contributed by atoms with Crippen LogP contribution < -0.4 is 0 Å². The Kier molecular flexibility index (Phi) is 8.96. The zero-order valence-electron chi connectivity index (χ0n) is 19.7. The predicted octanol–water partition coefficient (Wildman–Crippen LogP) is 3.03. The lowest BCUT2D eigenvalue weighted by Gasteiger charge is -2.30. The van der Waals surface area contributed by atoms with E-state index in [2.05, 4.69) is 4.98 Å². The number of nitrogens with zero attached hydrogens (tertiary/aromatic N) is 3. The Balaban J connectivity index is 1.44. The highest BCUT2D eigenvalue weighted by Crippen LogP contribution is 2.20. The fraction of sp³-hybridized carbons (Fsp3) is 0.500. The van der Waals surface area contributed by atoms with E-state index in [1.54, 1.807) is 29.1 Å². The smallest absolute Gasteiger partial charge is 0.242 e. The first-order chi connectivity index (χ1) is 16.6. The van der Waals surface area contributed by atoms with E-state index in [0.717, 1.165) is 42.1 Å². The molecule has 3 heterocycles. The van der Waals surface area contributed by atoms with Gasteiger partial charge in [0.25, 0.3) is 0 Å². The van der Waals surface area contributed by atoms with Crippen LogP contribution in [0, 0.1) is 5.92 Å². The molecule has 0 bridgehead atoms. The van der Waals surface area contributed by atoms with Gasteiger partial charge in [0.1, 0.15) is 0 Å². The van der Waals surface area contributed by atoms with Crippen LogP contribution in [0.2, 0.25) is 0 Å². The van der Waals surface area contributed by atoms with Crippen LogP contribution in [-0.2, 0) is 32.1 Å². The number of pyridine rings is 1. The third-order valence-electron chi connectivity index (χ3n) is 6.42. The zero-order chi connectivity index (χ0) is 23.8. The van der Waals surface area contributed by atoms with Crippen LogP contribution in [0.25, 0.3) is 0 Å². The molecule has 0 spiro atoms. The molecule has 182 valence electrons. The van der Waals surface area contributed by atoms with Crippen molar-refractivity contribution in [2.75, 3.05) is 45.6 Å². The lowest BCUT2D eigenvalue weighted by Crippen LogP contribution is -2.42. The molecule has 2 aliphatic rings. The second-order valence-electron chi connectivity index (χ2n) is 8.95. The molecule has 1 aromatic heterocycles. The van der Waals surface area contributed by atoms with E-state index in [4.69, 9.17) is 9.47 Å². The number of ether oxygens (including phenoxy) is 2. The molecule has 0 unspecified atom stereocenters. The minimum Gasteiger partial charge on any atom is -0.381 e. The van der Waals surface area contributed by atoms with Gasteiger partial charge in [-0.15, -0.1) is 11.8 Å². The SMILES string of the molecule is CSc1ccc(CC(=O)N2CC(=O)N(CC3CCOCC3)C[C@@H](OCc3cccnc3)C2)cc1. The summed E-state index contributed by atoms with van der Waals surface area (Å²) in [5.41, 5.74) is 1.92. The van der Waals surface area contributed by atoms with Crippen molar-refractivity contribution >= 4 is 23.6 Å². The van der Waals surface area contributed by atoms with E-state index in [0.29, 0.717) is 32.2 Å². The molecule has 1 atom stereocenters. The van der Waals surface area contributed by atoms with Crippen LogP contribution in [0.15, 0.2) is 53.7 Å². The van der Waals surface area contributed by atoms with Gasteiger partial charge >= 0.3 is 0 Å². The molecule has 2 saturated heterocycles. The second kappa shape index (κ2) is 12.3. The second-order valence-corrected chi connectivity index (χ2v) is 9.83. The van der Waals surface area contributed by atoms with Crippen molar-refractivity contribution in [3.63, 3.8) is 0 Å². The van der Waals surface area contributed by atoms with Crippen molar-refractivity contribution in [1.29, 1.82) is 0 Å². The topological polar surface area (TPSA) is 72.0 Å². The molecule has 0 aliphatic carbocycles. The molecule has 0 radical (unpaired) electrons. The molecule has 4 rings (SSSR count). The quantitative estimate of drug-likeness (QED) is 0.538. The van der Waals surface area contributed by atoms with Gasteiger partial charge in [0, 0.05) is 50.1 Å². The lowest BCUT2D eigenvalue weighted by molar-refractivity contribution is -0.138. The average Bonchev–Trinajstić information content (AvgIpc) is 3.03. The third kappa shape index (κ3) is 7.04. The Morgan fingerprint density at radius 2 is 1.94 bits per heavy atom. The summed E-state index contributed by atoms with van der Waals surface area (Å²) in [5.74, 6) is 0.368. The average molecular weight is 484 g/mol. The highest BCUT2D eigenvalue weighted by Gasteiger charge is 2.32. The Hall–Kier alpha value is -2.42. The molecular weight excluding hydrogens is 450 g/mol. The first-order valence-corrected chi connectivity index (χ1v) is 13.1. The van der Waals surface area contributed by atoms with E-state index in [9.17, 15) is 9.59 Å². The van der Waals surface area contributed by atoms with Crippen LogP contribution in [0.5, 0.6) is 0 Å². The Labute approximate surface area is 205 Å². The molecule has 2 fully saturated rings. The van der Waals surface area contributed by atoms with Crippen molar-refractivity contribution in [1.82, 2.24) is 14.8 Å². The summed E-state index contributed by atoms with van der Waals surface area (Å²) in [6, 6.07) is 11.9. The fourth-order valence-corrected chi connectivity index (χ4v) is 4.83. The molecule has 2 aromatic rings. The van der Waals surface area contributed by atoms with Crippen LogP contribution in [-0.4, -0.2) is 78.4 Å². The number of hydrogen-bond donors (Lipinski definition) is 0. The van der Waals surface area contributed by atoms with Gasteiger partial charge in [0.2, 0.25) is 11.8 Å². The Morgan fingerprint density at radius 3 is 2.65 bits per heavy atom. The molecule has 2 amide bonds. The summed E-state index contributed by atoms with van der Waals surface area (Å²) in [6.07, 6.45) is 7.48. The zero-order valence-corrected chi connectivity index (χ0v) is 20.5. The van der Waals surface area contributed by atoms with Crippen LogP contribution in [0.1, 0.15) is 24.0 Å². The van der Waals surface area contributed by atoms with Gasteiger partial charge in [-0.05, 0) is 54.3 Å². The largest absolute Gasteiger partial charge is 0.381 e. The number of benzene rings is 1. The number of carbonyl (C=O) groups excluding carboxylic acids is 2. The predicted molar refractivity (Wildman–Crippen MR) is 131 cm³/mol. The lowest BCUT2D eigenvalue weighted by atomic mass is 9.99. The molecule has 34 heavy (non-hydrogen) atoms. The summed E-state index contributed by atoms with van der Waals surface area (Å²) in [6.45, 7) is 3.56. The Bertz CT molecular complexity index is 935. The van der Waals surface area contributed by atoms with Gasteiger partial charge in [-0.2, -0.15) is 0 Å². The van der Waals surface area contributed by atoms with Gasteiger partial charge in [0.05, 0.1) is 25.7 Å². The number of hydrogen-bond acceptors (Lipinski definition) is 6. The first kappa shape index (κ1) is 24.7. The molecule has 7 nitrogen and oxygen atoms in total. The number of rotatable bonds is 8. The van der Waals surface area contributed by atoms with Crippen molar-refractivity contribution in [2.45, 2.75) is 36.9 Å². The maximum absolute atomic E-state index is 13.2. The van der Waals surface area contributed by atoms with E-state index < -0.39 is 0 Å². The maximum atomic E-state index is 13.2.